The fourth-order valence-electron chi connectivity index (χ4n) is 1.70. The summed E-state index contributed by atoms with van der Waals surface area (Å²) in [6, 6.07) is 9.80. The maximum absolute atomic E-state index is 11.9. The Kier molecular flexibility index (Phi) is 3.63. The molecule has 0 unspecified atom stereocenters. The van der Waals surface area contributed by atoms with E-state index in [0.29, 0.717) is 11.6 Å². The SMILES string of the molecule is O=C(Cc1cccs1)Nc1nc2c(Br)cccc2s1. The van der Waals surface area contributed by atoms with Crippen LogP contribution in [-0.2, 0) is 11.2 Å². The predicted octanol–water partition coefficient (Wildman–Crippen LogP) is 4.30. The third-order valence-electron chi connectivity index (χ3n) is 2.53. The summed E-state index contributed by atoms with van der Waals surface area (Å²) in [5.74, 6) is -0.0300. The van der Waals surface area contributed by atoms with Gasteiger partial charge in [0, 0.05) is 9.35 Å². The minimum Gasteiger partial charge on any atom is -0.302 e. The summed E-state index contributed by atoms with van der Waals surface area (Å²) < 4.78 is 2.00. The average molecular weight is 353 g/mol. The van der Waals surface area contributed by atoms with Crippen molar-refractivity contribution in [3.63, 3.8) is 0 Å². The zero-order chi connectivity index (χ0) is 13.2. The van der Waals surface area contributed by atoms with Crippen molar-refractivity contribution in [3.05, 3.63) is 45.1 Å². The Balaban J connectivity index is 1.78. The van der Waals surface area contributed by atoms with Crippen molar-refractivity contribution in [2.45, 2.75) is 6.42 Å². The Bertz CT molecular complexity index is 721. The number of rotatable bonds is 3. The highest BCUT2D eigenvalue weighted by Crippen LogP contribution is 2.30. The van der Waals surface area contributed by atoms with Crippen LogP contribution < -0.4 is 5.32 Å². The molecule has 1 aromatic carbocycles. The highest BCUT2D eigenvalue weighted by atomic mass is 79.9. The lowest BCUT2D eigenvalue weighted by atomic mass is 10.3. The van der Waals surface area contributed by atoms with E-state index >= 15 is 0 Å². The van der Waals surface area contributed by atoms with Crippen molar-refractivity contribution < 1.29 is 4.79 Å². The minimum atomic E-state index is -0.0300. The lowest BCUT2D eigenvalue weighted by molar-refractivity contribution is -0.115. The molecule has 3 aromatic rings. The normalized spacial score (nSPS) is 10.8. The summed E-state index contributed by atoms with van der Waals surface area (Å²) in [5.41, 5.74) is 0.888. The van der Waals surface area contributed by atoms with Crippen molar-refractivity contribution in [1.82, 2.24) is 4.98 Å². The number of fused-ring (bicyclic) bond motifs is 1. The molecule has 19 heavy (non-hydrogen) atoms. The Hall–Kier alpha value is -1.24. The van der Waals surface area contributed by atoms with Crippen molar-refractivity contribution in [2.24, 2.45) is 0 Å². The number of halogens is 1. The first kappa shape index (κ1) is 12.8. The van der Waals surface area contributed by atoms with Crippen molar-refractivity contribution in [2.75, 3.05) is 5.32 Å². The van der Waals surface area contributed by atoms with Crippen LogP contribution in [0.25, 0.3) is 10.2 Å². The number of hydrogen-bond donors (Lipinski definition) is 1. The van der Waals surface area contributed by atoms with E-state index in [4.69, 9.17) is 0 Å². The van der Waals surface area contributed by atoms with Crippen molar-refractivity contribution in [1.29, 1.82) is 0 Å². The number of benzene rings is 1. The van der Waals surface area contributed by atoms with E-state index < -0.39 is 0 Å². The number of carbonyl (C=O) groups is 1. The quantitative estimate of drug-likeness (QED) is 0.763. The van der Waals surface area contributed by atoms with Gasteiger partial charge in [-0.1, -0.05) is 23.5 Å². The summed E-state index contributed by atoms with van der Waals surface area (Å²) >= 11 is 6.52. The molecule has 0 bridgehead atoms. The van der Waals surface area contributed by atoms with Gasteiger partial charge in [0.15, 0.2) is 5.13 Å². The van der Waals surface area contributed by atoms with Crippen LogP contribution in [0.3, 0.4) is 0 Å². The van der Waals surface area contributed by atoms with Gasteiger partial charge in [0.2, 0.25) is 5.91 Å². The van der Waals surface area contributed by atoms with Crippen LogP contribution in [-0.4, -0.2) is 10.9 Å². The molecular weight excluding hydrogens is 344 g/mol. The van der Waals surface area contributed by atoms with Crippen LogP contribution in [0.15, 0.2) is 40.2 Å². The third-order valence-corrected chi connectivity index (χ3v) is 4.98. The fourth-order valence-corrected chi connectivity index (χ4v) is 3.90. The average Bonchev–Trinajstić information content (AvgIpc) is 2.98. The molecule has 96 valence electrons. The van der Waals surface area contributed by atoms with Crippen LogP contribution in [0.1, 0.15) is 4.88 Å². The first-order valence-corrected chi connectivity index (χ1v) is 8.08. The maximum atomic E-state index is 11.9. The van der Waals surface area contributed by atoms with Gasteiger partial charge in [-0.3, -0.25) is 4.79 Å². The molecule has 2 heterocycles. The van der Waals surface area contributed by atoms with E-state index in [1.165, 1.54) is 11.3 Å². The first-order valence-electron chi connectivity index (χ1n) is 5.59. The van der Waals surface area contributed by atoms with E-state index in [0.717, 1.165) is 19.6 Å². The topological polar surface area (TPSA) is 42.0 Å². The molecule has 2 aromatic heterocycles. The molecule has 1 N–H and O–H groups in total. The molecule has 0 radical (unpaired) electrons. The molecule has 6 heteroatoms. The van der Waals surface area contributed by atoms with Gasteiger partial charge in [-0.05, 0) is 39.5 Å². The Morgan fingerprint density at radius 2 is 2.21 bits per heavy atom. The van der Waals surface area contributed by atoms with E-state index in [9.17, 15) is 4.79 Å². The molecule has 0 saturated carbocycles. The molecule has 0 atom stereocenters. The number of thiazole rings is 1. The summed E-state index contributed by atoms with van der Waals surface area (Å²) in [5, 5.41) is 5.46. The Morgan fingerprint density at radius 3 is 2.95 bits per heavy atom. The van der Waals surface area contributed by atoms with Crippen LogP contribution in [0.2, 0.25) is 0 Å². The molecular formula is C13H9BrN2OS2. The smallest absolute Gasteiger partial charge is 0.231 e. The molecule has 0 aliphatic heterocycles. The number of para-hydroxylation sites is 1. The number of hydrogen-bond acceptors (Lipinski definition) is 4. The summed E-state index contributed by atoms with van der Waals surface area (Å²) in [6.45, 7) is 0. The van der Waals surface area contributed by atoms with E-state index in [-0.39, 0.29) is 5.91 Å². The van der Waals surface area contributed by atoms with Gasteiger partial charge in [0.05, 0.1) is 16.6 Å². The molecule has 0 spiro atoms. The molecule has 0 aliphatic carbocycles. The zero-order valence-corrected chi connectivity index (χ0v) is 12.9. The van der Waals surface area contributed by atoms with E-state index in [1.807, 2.05) is 35.7 Å². The van der Waals surface area contributed by atoms with Crippen molar-refractivity contribution >= 4 is 59.9 Å². The van der Waals surface area contributed by atoms with Crippen molar-refractivity contribution in [3.8, 4) is 0 Å². The largest absolute Gasteiger partial charge is 0.302 e. The summed E-state index contributed by atoms with van der Waals surface area (Å²) in [7, 11) is 0. The number of anilines is 1. The zero-order valence-electron chi connectivity index (χ0n) is 9.72. The third kappa shape index (κ3) is 2.86. The Labute approximate surface area is 126 Å². The lowest BCUT2D eigenvalue weighted by Crippen LogP contribution is -2.13. The lowest BCUT2D eigenvalue weighted by Gasteiger charge is -1.98. The van der Waals surface area contributed by atoms with Crippen LogP contribution in [0.5, 0.6) is 0 Å². The van der Waals surface area contributed by atoms with Gasteiger partial charge in [-0.2, -0.15) is 0 Å². The number of carbonyl (C=O) groups excluding carboxylic acids is 1. The van der Waals surface area contributed by atoms with E-state index in [2.05, 4.69) is 26.2 Å². The highest BCUT2D eigenvalue weighted by Gasteiger charge is 2.10. The molecule has 3 rings (SSSR count). The predicted molar refractivity (Wildman–Crippen MR) is 84.0 cm³/mol. The second kappa shape index (κ2) is 5.40. The number of thiophene rings is 1. The number of amides is 1. The monoisotopic (exact) mass is 352 g/mol. The molecule has 0 aliphatic rings. The maximum Gasteiger partial charge on any atom is 0.231 e. The number of aromatic nitrogens is 1. The van der Waals surface area contributed by atoms with Crippen LogP contribution in [0.4, 0.5) is 5.13 Å². The number of nitrogens with zero attached hydrogens (tertiary/aromatic N) is 1. The highest BCUT2D eigenvalue weighted by molar-refractivity contribution is 9.10. The standard InChI is InChI=1S/C13H9BrN2OS2/c14-9-4-1-5-10-12(9)16-13(19-10)15-11(17)7-8-3-2-6-18-8/h1-6H,7H2,(H,15,16,17). The minimum absolute atomic E-state index is 0.0300. The molecule has 0 saturated heterocycles. The van der Waals surface area contributed by atoms with Crippen LogP contribution >= 0.6 is 38.6 Å². The Morgan fingerprint density at radius 1 is 1.32 bits per heavy atom. The molecule has 1 amide bonds. The van der Waals surface area contributed by atoms with Crippen LogP contribution in [0, 0.1) is 0 Å². The van der Waals surface area contributed by atoms with Gasteiger partial charge in [-0.25, -0.2) is 4.98 Å². The molecule has 3 nitrogen and oxygen atoms in total. The van der Waals surface area contributed by atoms with Gasteiger partial charge < -0.3 is 5.32 Å². The van der Waals surface area contributed by atoms with E-state index in [1.54, 1.807) is 11.3 Å². The van der Waals surface area contributed by atoms with Gasteiger partial charge >= 0.3 is 0 Å². The number of nitrogens with one attached hydrogen (secondary N) is 1. The molecule has 0 fully saturated rings. The first-order chi connectivity index (χ1) is 9.22. The summed E-state index contributed by atoms with van der Waals surface area (Å²) in [6.07, 6.45) is 0.398. The second-order valence-electron chi connectivity index (χ2n) is 3.91. The van der Waals surface area contributed by atoms with Gasteiger partial charge in [-0.15, -0.1) is 11.3 Å². The van der Waals surface area contributed by atoms with Gasteiger partial charge in [0.25, 0.3) is 0 Å². The van der Waals surface area contributed by atoms with Gasteiger partial charge in [0.1, 0.15) is 0 Å². The fraction of sp³-hybridized carbons (Fsp3) is 0.0769. The summed E-state index contributed by atoms with van der Waals surface area (Å²) in [4.78, 5) is 17.4. The second-order valence-corrected chi connectivity index (χ2v) is 6.83.